The molecule has 0 N–H and O–H groups in total. The van der Waals surface area contributed by atoms with Gasteiger partial charge in [0.05, 0.1) is 0 Å². The Balaban J connectivity index is 2.54. The minimum absolute atomic E-state index is 0.168. The van der Waals surface area contributed by atoms with Crippen molar-refractivity contribution >= 4 is 6.47 Å². The van der Waals surface area contributed by atoms with Crippen LogP contribution in [0.15, 0.2) is 0 Å². The lowest BCUT2D eigenvalue weighted by Gasteiger charge is -2.35. The van der Waals surface area contributed by atoms with E-state index in [1.807, 2.05) is 0 Å². The molecule has 0 heterocycles. The zero-order valence-corrected chi connectivity index (χ0v) is 8.82. The molecule has 1 fully saturated rings. The number of ether oxygens (including phenoxy) is 1. The Bertz CT molecular complexity index is 165. The van der Waals surface area contributed by atoms with Crippen molar-refractivity contribution in [1.82, 2.24) is 0 Å². The summed E-state index contributed by atoms with van der Waals surface area (Å²) in [6, 6.07) is 0. The number of hydrogen-bond donors (Lipinski definition) is 0. The maximum atomic E-state index is 10.3. The Morgan fingerprint density at radius 3 is 2.62 bits per heavy atom. The predicted molar refractivity (Wildman–Crippen MR) is 52.3 cm³/mol. The van der Waals surface area contributed by atoms with Gasteiger partial charge in [-0.15, -0.1) is 0 Å². The number of carbonyl (C=O) groups is 1. The molecule has 2 nitrogen and oxygen atoms in total. The van der Waals surface area contributed by atoms with Crippen molar-refractivity contribution in [3.05, 3.63) is 0 Å². The van der Waals surface area contributed by atoms with Gasteiger partial charge in [0.15, 0.2) is 0 Å². The average Bonchev–Trinajstić information content (AvgIpc) is 2.04. The molecule has 13 heavy (non-hydrogen) atoms. The SMILES string of the molecule is CC1CC[C@H](C(C)C)C(OC=O)C1. The van der Waals surface area contributed by atoms with Crippen molar-refractivity contribution in [2.24, 2.45) is 17.8 Å². The topological polar surface area (TPSA) is 26.3 Å². The number of carbonyl (C=O) groups excluding carboxylic acids is 1. The van der Waals surface area contributed by atoms with E-state index < -0.39 is 0 Å². The molecule has 0 radical (unpaired) electrons. The molecule has 2 heteroatoms. The highest BCUT2D eigenvalue weighted by Crippen LogP contribution is 2.34. The van der Waals surface area contributed by atoms with Crippen LogP contribution in [0.1, 0.15) is 40.0 Å². The molecule has 0 aliphatic heterocycles. The van der Waals surface area contributed by atoms with Gasteiger partial charge >= 0.3 is 0 Å². The van der Waals surface area contributed by atoms with Gasteiger partial charge in [-0.2, -0.15) is 0 Å². The lowest BCUT2D eigenvalue weighted by Crippen LogP contribution is -2.33. The van der Waals surface area contributed by atoms with Crippen molar-refractivity contribution in [3.63, 3.8) is 0 Å². The Morgan fingerprint density at radius 2 is 2.08 bits per heavy atom. The summed E-state index contributed by atoms with van der Waals surface area (Å²) in [5.74, 6) is 1.90. The Labute approximate surface area is 80.7 Å². The van der Waals surface area contributed by atoms with Crippen molar-refractivity contribution in [2.45, 2.75) is 46.1 Å². The maximum Gasteiger partial charge on any atom is 0.293 e. The largest absolute Gasteiger partial charge is 0.464 e. The second-order valence-electron chi connectivity index (χ2n) is 4.60. The Hall–Kier alpha value is -0.530. The first kappa shape index (κ1) is 10.6. The molecule has 1 aliphatic carbocycles. The summed E-state index contributed by atoms with van der Waals surface area (Å²) in [7, 11) is 0. The smallest absolute Gasteiger partial charge is 0.293 e. The van der Waals surface area contributed by atoms with Gasteiger partial charge in [0.2, 0.25) is 0 Å². The van der Waals surface area contributed by atoms with E-state index >= 15 is 0 Å². The molecular weight excluding hydrogens is 164 g/mol. The fourth-order valence-electron chi connectivity index (χ4n) is 2.34. The standard InChI is InChI=1S/C11H20O2/c1-8(2)10-5-4-9(3)6-11(10)13-7-12/h7-11H,4-6H2,1-3H3/t9?,10-,11?/m1/s1. The molecule has 0 bridgehead atoms. The van der Waals surface area contributed by atoms with Crippen LogP contribution in [-0.2, 0) is 9.53 Å². The van der Waals surface area contributed by atoms with E-state index in [1.54, 1.807) is 0 Å². The minimum Gasteiger partial charge on any atom is -0.464 e. The number of rotatable bonds is 3. The van der Waals surface area contributed by atoms with E-state index in [0.717, 1.165) is 6.42 Å². The van der Waals surface area contributed by atoms with Crippen LogP contribution in [0.2, 0.25) is 0 Å². The van der Waals surface area contributed by atoms with Crippen LogP contribution in [-0.4, -0.2) is 12.6 Å². The molecule has 2 unspecified atom stereocenters. The molecule has 0 aromatic heterocycles. The van der Waals surface area contributed by atoms with Crippen LogP contribution in [0.4, 0.5) is 0 Å². The maximum absolute atomic E-state index is 10.3. The van der Waals surface area contributed by atoms with Crippen LogP contribution in [0.3, 0.4) is 0 Å². The monoisotopic (exact) mass is 184 g/mol. The summed E-state index contributed by atoms with van der Waals surface area (Å²) < 4.78 is 5.15. The molecule has 76 valence electrons. The summed E-state index contributed by atoms with van der Waals surface area (Å²) in [5.41, 5.74) is 0. The lowest BCUT2D eigenvalue weighted by atomic mass is 9.75. The highest BCUT2D eigenvalue weighted by molar-refractivity contribution is 5.37. The zero-order chi connectivity index (χ0) is 9.84. The molecule has 0 aromatic rings. The molecule has 0 aromatic carbocycles. The molecule has 0 amide bonds. The first-order valence-corrected chi connectivity index (χ1v) is 5.24. The molecule has 0 saturated heterocycles. The van der Waals surface area contributed by atoms with Crippen molar-refractivity contribution in [2.75, 3.05) is 0 Å². The Kier molecular flexibility index (Phi) is 3.76. The third-order valence-corrected chi connectivity index (χ3v) is 3.19. The van der Waals surface area contributed by atoms with Gasteiger partial charge in [-0.1, -0.05) is 27.2 Å². The van der Waals surface area contributed by atoms with E-state index in [9.17, 15) is 4.79 Å². The molecule has 1 rings (SSSR count). The minimum atomic E-state index is 0.168. The second-order valence-corrected chi connectivity index (χ2v) is 4.60. The van der Waals surface area contributed by atoms with Crippen LogP contribution < -0.4 is 0 Å². The summed E-state index contributed by atoms with van der Waals surface area (Å²) in [6.07, 6.45) is 3.70. The number of hydrogen-bond acceptors (Lipinski definition) is 2. The first-order chi connectivity index (χ1) is 6.15. The molecular formula is C11H20O2. The summed E-state index contributed by atoms with van der Waals surface area (Å²) in [5, 5.41) is 0. The van der Waals surface area contributed by atoms with Crippen LogP contribution in [0.25, 0.3) is 0 Å². The van der Waals surface area contributed by atoms with E-state index in [2.05, 4.69) is 20.8 Å². The highest BCUT2D eigenvalue weighted by Gasteiger charge is 2.31. The van der Waals surface area contributed by atoms with Gasteiger partial charge in [0.1, 0.15) is 6.10 Å². The van der Waals surface area contributed by atoms with E-state index in [4.69, 9.17) is 4.74 Å². The fourth-order valence-corrected chi connectivity index (χ4v) is 2.34. The van der Waals surface area contributed by atoms with Gasteiger partial charge in [-0.05, 0) is 30.6 Å². The molecule has 0 spiro atoms. The van der Waals surface area contributed by atoms with Gasteiger partial charge in [-0.3, -0.25) is 4.79 Å². The molecule has 1 saturated carbocycles. The third-order valence-electron chi connectivity index (χ3n) is 3.19. The van der Waals surface area contributed by atoms with Gasteiger partial charge in [0, 0.05) is 0 Å². The van der Waals surface area contributed by atoms with E-state index in [0.29, 0.717) is 24.2 Å². The van der Waals surface area contributed by atoms with Gasteiger partial charge in [0.25, 0.3) is 6.47 Å². The summed E-state index contributed by atoms with van der Waals surface area (Å²) in [6.45, 7) is 7.26. The molecule has 1 aliphatic rings. The first-order valence-electron chi connectivity index (χ1n) is 5.24. The lowest BCUT2D eigenvalue weighted by molar-refractivity contribution is -0.140. The highest BCUT2D eigenvalue weighted by atomic mass is 16.5. The van der Waals surface area contributed by atoms with Crippen LogP contribution >= 0.6 is 0 Å². The molecule has 3 atom stereocenters. The average molecular weight is 184 g/mol. The Morgan fingerprint density at radius 1 is 1.38 bits per heavy atom. The van der Waals surface area contributed by atoms with Crippen molar-refractivity contribution in [1.29, 1.82) is 0 Å². The fraction of sp³-hybridized carbons (Fsp3) is 0.909. The quantitative estimate of drug-likeness (QED) is 0.630. The summed E-state index contributed by atoms with van der Waals surface area (Å²) >= 11 is 0. The third kappa shape index (κ3) is 2.71. The van der Waals surface area contributed by atoms with Crippen LogP contribution in [0, 0.1) is 17.8 Å². The van der Waals surface area contributed by atoms with Gasteiger partial charge < -0.3 is 4.74 Å². The second kappa shape index (κ2) is 4.64. The van der Waals surface area contributed by atoms with Crippen LogP contribution in [0.5, 0.6) is 0 Å². The predicted octanol–water partition coefficient (Wildman–Crippen LogP) is 2.62. The van der Waals surface area contributed by atoms with E-state index in [1.165, 1.54) is 12.8 Å². The zero-order valence-electron chi connectivity index (χ0n) is 8.82. The van der Waals surface area contributed by atoms with Crippen molar-refractivity contribution in [3.8, 4) is 0 Å². The summed E-state index contributed by atoms with van der Waals surface area (Å²) in [4.78, 5) is 10.3. The normalized spacial score (nSPS) is 34.6. The van der Waals surface area contributed by atoms with Gasteiger partial charge in [-0.25, -0.2) is 0 Å². The van der Waals surface area contributed by atoms with E-state index in [-0.39, 0.29) is 6.10 Å². The van der Waals surface area contributed by atoms with Crippen molar-refractivity contribution < 1.29 is 9.53 Å².